The monoisotopic (exact) mass is 419 g/mol. The van der Waals surface area contributed by atoms with E-state index in [-0.39, 0.29) is 14.9 Å². The van der Waals surface area contributed by atoms with E-state index in [1.165, 1.54) is 39.8 Å². The van der Waals surface area contributed by atoms with E-state index < -0.39 is 42.4 Å². The van der Waals surface area contributed by atoms with Crippen LogP contribution in [0.25, 0.3) is 0 Å². The van der Waals surface area contributed by atoms with Crippen molar-refractivity contribution in [1.82, 2.24) is 4.47 Å². The lowest BCUT2D eigenvalue weighted by atomic mass is 10.2. The van der Waals surface area contributed by atoms with Crippen LogP contribution >= 0.6 is 0 Å². The van der Waals surface area contributed by atoms with Gasteiger partial charge in [-0.15, -0.1) is 0 Å². The lowest BCUT2D eigenvalue weighted by Gasteiger charge is -2.25. The Labute approximate surface area is 158 Å². The highest BCUT2D eigenvalue weighted by molar-refractivity contribution is 7.91. The van der Waals surface area contributed by atoms with Crippen molar-refractivity contribution in [2.45, 2.75) is 43.1 Å². The molecule has 11 heteroatoms. The predicted octanol–water partition coefficient (Wildman–Crippen LogP) is 2.05. The van der Waals surface area contributed by atoms with E-state index in [0.717, 1.165) is 18.4 Å². The second-order valence-electron chi connectivity index (χ2n) is 6.62. The van der Waals surface area contributed by atoms with Crippen LogP contribution in [-0.4, -0.2) is 45.2 Å². The van der Waals surface area contributed by atoms with Crippen molar-refractivity contribution in [3.63, 3.8) is 0 Å². The van der Waals surface area contributed by atoms with Crippen molar-refractivity contribution < 1.29 is 36.0 Å². The van der Waals surface area contributed by atoms with E-state index in [0.29, 0.717) is 0 Å². The number of benzene rings is 1. The minimum Gasteiger partial charge on any atom is -0.441 e. The Hall–Kier alpha value is -2.40. The van der Waals surface area contributed by atoms with Gasteiger partial charge in [0, 0.05) is 11.8 Å². The Kier molecular flexibility index (Phi) is 6.45. The summed E-state index contributed by atoms with van der Waals surface area (Å²) in [6.45, 7) is 9.03. The number of hydroxylamine groups is 1. The summed E-state index contributed by atoms with van der Waals surface area (Å²) in [5.41, 5.74) is -1.25. The second-order valence-corrected chi connectivity index (χ2v) is 10.4. The molecule has 0 bridgehead atoms. The largest absolute Gasteiger partial charge is 0.459 e. The maximum atomic E-state index is 12.8. The van der Waals surface area contributed by atoms with E-state index in [1.807, 2.05) is 0 Å². The van der Waals surface area contributed by atoms with Gasteiger partial charge in [0.25, 0.3) is 0 Å². The zero-order valence-electron chi connectivity index (χ0n) is 15.5. The van der Waals surface area contributed by atoms with Gasteiger partial charge in [0.05, 0.1) is 9.79 Å². The first-order valence-electron chi connectivity index (χ1n) is 7.52. The molecule has 0 atom stereocenters. The van der Waals surface area contributed by atoms with Gasteiger partial charge in [-0.3, -0.25) is 0 Å². The first-order chi connectivity index (χ1) is 12.1. The lowest BCUT2D eigenvalue weighted by molar-refractivity contribution is -0.161. The van der Waals surface area contributed by atoms with Gasteiger partial charge in [-0.2, -0.15) is 8.42 Å². The van der Waals surface area contributed by atoms with Crippen molar-refractivity contribution in [1.29, 1.82) is 0 Å². The van der Waals surface area contributed by atoms with Crippen LogP contribution in [0.5, 0.6) is 0 Å². The van der Waals surface area contributed by atoms with E-state index in [1.54, 1.807) is 0 Å². The van der Waals surface area contributed by atoms with Gasteiger partial charge in [0.15, 0.2) is 9.84 Å². The van der Waals surface area contributed by atoms with Crippen LogP contribution < -0.4 is 0 Å². The van der Waals surface area contributed by atoms with Gasteiger partial charge in [-0.1, -0.05) is 12.6 Å². The molecule has 0 aliphatic rings. The lowest BCUT2D eigenvalue weighted by Crippen LogP contribution is -2.42. The molecule has 1 aromatic carbocycles. The second kappa shape index (κ2) is 7.69. The molecule has 150 valence electrons. The fourth-order valence-electron chi connectivity index (χ4n) is 1.60. The third-order valence-corrected chi connectivity index (χ3v) is 5.43. The molecule has 9 nitrogen and oxygen atoms in total. The van der Waals surface area contributed by atoms with Crippen molar-refractivity contribution in [3.8, 4) is 0 Å². The topological polar surface area (TPSA) is 124 Å². The molecular formula is C16H21NO8S2. The number of hydrogen-bond donors (Lipinski definition) is 0. The fourth-order valence-corrected chi connectivity index (χ4v) is 3.46. The zero-order chi connectivity index (χ0) is 21.2. The molecule has 0 N–H and O–H groups in total. The van der Waals surface area contributed by atoms with Gasteiger partial charge < -0.3 is 9.57 Å². The maximum Gasteiger partial charge on any atom is 0.459 e. The normalized spacial score (nSPS) is 12.2. The number of hydrogen-bond acceptors (Lipinski definition) is 8. The highest BCUT2D eigenvalue weighted by atomic mass is 32.2. The number of nitrogens with zero attached hydrogens (tertiary/aromatic N) is 1. The Bertz CT molecular complexity index is 972. The summed E-state index contributed by atoms with van der Waals surface area (Å²) < 4.78 is 53.7. The predicted molar refractivity (Wildman–Crippen MR) is 95.7 cm³/mol. The number of carbonyl (C=O) groups is 2. The van der Waals surface area contributed by atoms with Crippen molar-refractivity contribution in [2.75, 3.05) is 6.26 Å². The van der Waals surface area contributed by atoms with E-state index in [9.17, 15) is 26.4 Å². The first kappa shape index (κ1) is 22.6. The van der Waals surface area contributed by atoms with Crippen LogP contribution in [0.2, 0.25) is 0 Å². The minimum atomic E-state index is -4.77. The Morgan fingerprint density at radius 3 is 2.04 bits per heavy atom. The Balaban J connectivity index is 3.48. The van der Waals surface area contributed by atoms with Gasteiger partial charge in [-0.25, -0.2) is 18.0 Å². The molecule has 0 unspecified atom stereocenters. The van der Waals surface area contributed by atoms with Crippen molar-refractivity contribution in [2.24, 2.45) is 0 Å². The van der Waals surface area contributed by atoms with Crippen molar-refractivity contribution >= 4 is 31.9 Å². The average molecular weight is 419 g/mol. The first-order valence-corrected chi connectivity index (χ1v) is 10.8. The number of amides is 1. The van der Waals surface area contributed by atoms with Gasteiger partial charge >= 0.3 is 22.1 Å². The van der Waals surface area contributed by atoms with Crippen LogP contribution in [0.3, 0.4) is 0 Å². The molecule has 0 saturated heterocycles. The number of rotatable bonds is 4. The molecule has 0 heterocycles. The minimum absolute atomic E-state index is 0.163. The molecule has 1 amide bonds. The third-order valence-electron chi connectivity index (χ3n) is 2.81. The molecule has 0 aliphatic carbocycles. The molecule has 0 spiro atoms. The molecule has 0 aromatic heterocycles. The Morgan fingerprint density at radius 2 is 1.59 bits per heavy atom. The van der Waals surface area contributed by atoms with Crippen LogP contribution in [0.15, 0.2) is 46.2 Å². The van der Waals surface area contributed by atoms with Gasteiger partial charge in [-0.05, 0) is 50.4 Å². The van der Waals surface area contributed by atoms with Crippen LogP contribution in [0, 0.1) is 0 Å². The number of sulfone groups is 1. The summed E-state index contributed by atoms with van der Waals surface area (Å²) in [6, 6.07) is 4.26. The molecule has 0 saturated carbocycles. The molecular weight excluding hydrogens is 398 g/mol. The molecule has 1 rings (SSSR count). The summed E-state index contributed by atoms with van der Waals surface area (Å²) >= 11 is 0. The zero-order valence-corrected chi connectivity index (χ0v) is 17.2. The standard InChI is InChI=1S/C16H21NO8S2/c1-11(2)14(18)25-17(15(19)24-16(3,4)5)27(22,23)13-9-7-8-12(10-13)26(6,20)21/h7-10H,1H2,2-6H3. The number of carbonyl (C=O) groups excluding carboxylic acids is 2. The molecule has 0 fully saturated rings. The molecule has 0 aliphatic heterocycles. The van der Waals surface area contributed by atoms with E-state index in [4.69, 9.17) is 4.74 Å². The summed E-state index contributed by atoms with van der Waals surface area (Å²) in [7, 11) is -8.49. The SMILES string of the molecule is C=C(C)C(=O)ON(C(=O)OC(C)(C)C)S(=O)(=O)c1cccc(S(C)(=O)=O)c1. The van der Waals surface area contributed by atoms with Crippen LogP contribution in [0.1, 0.15) is 27.7 Å². The average Bonchev–Trinajstić information content (AvgIpc) is 2.49. The molecule has 27 heavy (non-hydrogen) atoms. The van der Waals surface area contributed by atoms with E-state index >= 15 is 0 Å². The quantitative estimate of drug-likeness (QED) is 0.536. The molecule has 0 radical (unpaired) electrons. The van der Waals surface area contributed by atoms with E-state index in [2.05, 4.69) is 11.4 Å². The fraction of sp³-hybridized carbons (Fsp3) is 0.375. The summed E-state index contributed by atoms with van der Waals surface area (Å²) in [6.07, 6.45) is -0.576. The van der Waals surface area contributed by atoms with Crippen molar-refractivity contribution in [3.05, 3.63) is 36.4 Å². The highest BCUT2D eigenvalue weighted by Gasteiger charge is 2.37. The number of ether oxygens (including phenoxy) is 1. The third kappa shape index (κ3) is 6.07. The van der Waals surface area contributed by atoms with Gasteiger partial charge in [0.1, 0.15) is 5.60 Å². The van der Waals surface area contributed by atoms with Crippen LogP contribution in [-0.2, 0) is 34.2 Å². The molecule has 1 aromatic rings. The summed E-state index contributed by atoms with van der Waals surface area (Å²) in [4.78, 5) is 27.9. The summed E-state index contributed by atoms with van der Waals surface area (Å²) in [5.74, 6) is -1.18. The number of sulfonamides is 1. The summed E-state index contributed by atoms with van der Waals surface area (Å²) in [5, 5.41) is 0. The van der Waals surface area contributed by atoms with Crippen LogP contribution in [0.4, 0.5) is 4.79 Å². The smallest absolute Gasteiger partial charge is 0.441 e. The maximum absolute atomic E-state index is 12.8. The highest BCUT2D eigenvalue weighted by Crippen LogP contribution is 2.23. The Morgan fingerprint density at radius 1 is 1.07 bits per heavy atom. The van der Waals surface area contributed by atoms with Gasteiger partial charge in [0.2, 0.25) is 0 Å².